The molecule has 0 aliphatic carbocycles. The van der Waals surface area contributed by atoms with Gasteiger partial charge in [0.25, 0.3) is 0 Å². The highest BCUT2D eigenvalue weighted by molar-refractivity contribution is 7.09. The van der Waals surface area contributed by atoms with Crippen molar-refractivity contribution < 1.29 is 0 Å². The second kappa shape index (κ2) is 4.53. The molecule has 1 atom stereocenters. The lowest BCUT2D eigenvalue weighted by atomic mass is 10.1. The number of aryl methyl sites for hydroxylation is 1. The van der Waals surface area contributed by atoms with Gasteiger partial charge in [-0.15, -0.1) is 11.3 Å². The average Bonchev–Trinajstić information content (AvgIpc) is 2.68. The van der Waals surface area contributed by atoms with E-state index in [0.29, 0.717) is 0 Å². The fourth-order valence-corrected chi connectivity index (χ4v) is 2.15. The zero-order valence-corrected chi connectivity index (χ0v) is 9.29. The Bertz CT molecular complexity index is 424. The summed E-state index contributed by atoms with van der Waals surface area (Å²) in [4.78, 5) is 4.43. The summed E-state index contributed by atoms with van der Waals surface area (Å²) in [5, 5.41) is 3.09. The summed E-state index contributed by atoms with van der Waals surface area (Å²) in [6, 6.07) is 10.1. The van der Waals surface area contributed by atoms with Crippen LogP contribution >= 0.6 is 11.3 Å². The van der Waals surface area contributed by atoms with Crippen LogP contribution in [-0.2, 0) is 0 Å². The van der Waals surface area contributed by atoms with Gasteiger partial charge in [0, 0.05) is 5.38 Å². The van der Waals surface area contributed by atoms with E-state index in [1.165, 1.54) is 0 Å². The molecule has 0 bridgehead atoms. The molecular formula is C11H13N3S. The first-order valence-electron chi connectivity index (χ1n) is 4.74. The van der Waals surface area contributed by atoms with Gasteiger partial charge in [-0.3, -0.25) is 5.84 Å². The summed E-state index contributed by atoms with van der Waals surface area (Å²) < 4.78 is 0. The summed E-state index contributed by atoms with van der Waals surface area (Å²) in [5.74, 6) is 5.56. The smallest absolute Gasteiger partial charge is 0.0898 e. The number of aromatic nitrogens is 1. The predicted octanol–water partition coefficient (Wildman–Crippen LogP) is 2.00. The second-order valence-electron chi connectivity index (χ2n) is 3.30. The number of hydrogen-bond donors (Lipinski definition) is 2. The van der Waals surface area contributed by atoms with Crippen LogP contribution < -0.4 is 11.3 Å². The fourth-order valence-electron chi connectivity index (χ4n) is 1.51. The Hall–Kier alpha value is -1.23. The van der Waals surface area contributed by atoms with Crippen molar-refractivity contribution >= 4 is 11.3 Å². The number of benzene rings is 1. The summed E-state index contributed by atoms with van der Waals surface area (Å²) in [7, 11) is 0. The summed E-state index contributed by atoms with van der Waals surface area (Å²) >= 11 is 1.64. The quantitative estimate of drug-likeness (QED) is 0.613. The van der Waals surface area contributed by atoms with Gasteiger partial charge in [-0.25, -0.2) is 10.4 Å². The van der Waals surface area contributed by atoms with E-state index in [9.17, 15) is 0 Å². The van der Waals surface area contributed by atoms with E-state index in [2.05, 4.69) is 10.4 Å². The van der Waals surface area contributed by atoms with Crippen molar-refractivity contribution in [2.75, 3.05) is 0 Å². The summed E-state index contributed by atoms with van der Waals surface area (Å²) in [5.41, 5.74) is 4.90. The highest BCUT2D eigenvalue weighted by Gasteiger charge is 2.14. The molecule has 0 radical (unpaired) electrons. The third-order valence-electron chi connectivity index (χ3n) is 2.23. The molecule has 3 nitrogen and oxygen atoms in total. The van der Waals surface area contributed by atoms with Crippen LogP contribution in [0.15, 0.2) is 35.7 Å². The molecule has 1 aromatic carbocycles. The molecule has 4 heteroatoms. The van der Waals surface area contributed by atoms with Gasteiger partial charge in [-0.05, 0) is 12.5 Å². The van der Waals surface area contributed by atoms with Crippen LogP contribution in [0.25, 0.3) is 0 Å². The van der Waals surface area contributed by atoms with Crippen molar-refractivity contribution in [1.82, 2.24) is 10.4 Å². The Kier molecular flexibility index (Phi) is 3.11. The number of hydrogen-bond acceptors (Lipinski definition) is 4. The topological polar surface area (TPSA) is 50.9 Å². The van der Waals surface area contributed by atoms with Crippen molar-refractivity contribution in [3.8, 4) is 0 Å². The zero-order chi connectivity index (χ0) is 10.7. The van der Waals surface area contributed by atoms with Crippen molar-refractivity contribution in [1.29, 1.82) is 0 Å². The molecule has 2 aromatic rings. The minimum absolute atomic E-state index is 0.0175. The van der Waals surface area contributed by atoms with Crippen LogP contribution in [0.3, 0.4) is 0 Å². The maximum Gasteiger partial charge on any atom is 0.0898 e. The molecule has 2 rings (SSSR count). The molecule has 0 fully saturated rings. The van der Waals surface area contributed by atoms with Gasteiger partial charge >= 0.3 is 0 Å². The highest BCUT2D eigenvalue weighted by Crippen LogP contribution is 2.22. The van der Waals surface area contributed by atoms with Crippen molar-refractivity contribution in [3.63, 3.8) is 0 Å². The minimum atomic E-state index is -0.0175. The Morgan fingerprint density at radius 1 is 1.33 bits per heavy atom. The lowest BCUT2D eigenvalue weighted by molar-refractivity contribution is 0.623. The SMILES string of the molecule is Cc1nc(C(NN)c2ccccc2)cs1. The Morgan fingerprint density at radius 3 is 2.60 bits per heavy atom. The molecule has 0 aliphatic heterocycles. The van der Waals surface area contributed by atoms with E-state index < -0.39 is 0 Å². The number of hydrazine groups is 1. The van der Waals surface area contributed by atoms with Gasteiger partial charge in [-0.1, -0.05) is 30.3 Å². The van der Waals surface area contributed by atoms with Crippen LogP contribution in [0.1, 0.15) is 22.3 Å². The minimum Gasteiger partial charge on any atom is -0.271 e. The first-order chi connectivity index (χ1) is 7.31. The van der Waals surface area contributed by atoms with Crippen LogP contribution in [0.4, 0.5) is 0 Å². The maximum atomic E-state index is 5.56. The zero-order valence-electron chi connectivity index (χ0n) is 8.47. The summed E-state index contributed by atoms with van der Waals surface area (Å²) in [6.45, 7) is 1.99. The number of rotatable bonds is 3. The average molecular weight is 219 g/mol. The van der Waals surface area contributed by atoms with Crippen LogP contribution in [0, 0.1) is 6.92 Å². The molecule has 1 aromatic heterocycles. The first kappa shape index (κ1) is 10.3. The third-order valence-corrected chi connectivity index (χ3v) is 3.02. The number of nitrogens with one attached hydrogen (secondary N) is 1. The summed E-state index contributed by atoms with van der Waals surface area (Å²) in [6.07, 6.45) is 0. The molecular weight excluding hydrogens is 206 g/mol. The highest BCUT2D eigenvalue weighted by atomic mass is 32.1. The number of nitrogens with two attached hydrogens (primary N) is 1. The van der Waals surface area contributed by atoms with Crippen LogP contribution in [0.2, 0.25) is 0 Å². The van der Waals surface area contributed by atoms with Gasteiger partial charge in [0.1, 0.15) is 0 Å². The fraction of sp³-hybridized carbons (Fsp3) is 0.182. The van der Waals surface area contributed by atoms with Crippen molar-refractivity contribution in [2.45, 2.75) is 13.0 Å². The standard InChI is InChI=1S/C11H13N3S/c1-8-13-10(7-15-8)11(14-12)9-5-3-2-4-6-9/h2-7,11,14H,12H2,1H3. The molecule has 0 aliphatic rings. The first-order valence-corrected chi connectivity index (χ1v) is 5.62. The van der Waals surface area contributed by atoms with Crippen molar-refractivity contribution in [2.24, 2.45) is 5.84 Å². The van der Waals surface area contributed by atoms with Crippen LogP contribution in [-0.4, -0.2) is 4.98 Å². The number of nitrogens with zero attached hydrogens (tertiary/aromatic N) is 1. The monoisotopic (exact) mass is 219 g/mol. The Labute approximate surface area is 92.9 Å². The molecule has 1 unspecified atom stereocenters. The lowest BCUT2D eigenvalue weighted by Gasteiger charge is -2.13. The van der Waals surface area contributed by atoms with Gasteiger partial charge < -0.3 is 0 Å². The molecule has 1 heterocycles. The molecule has 15 heavy (non-hydrogen) atoms. The molecule has 0 spiro atoms. The van der Waals surface area contributed by atoms with Crippen molar-refractivity contribution in [3.05, 3.63) is 52.0 Å². The predicted molar refractivity (Wildman–Crippen MR) is 62.5 cm³/mol. The molecule has 3 N–H and O–H groups in total. The number of thiazole rings is 1. The van der Waals surface area contributed by atoms with E-state index in [4.69, 9.17) is 5.84 Å². The van der Waals surface area contributed by atoms with Gasteiger partial charge in [0.2, 0.25) is 0 Å². The molecule has 0 saturated heterocycles. The van der Waals surface area contributed by atoms with E-state index in [-0.39, 0.29) is 6.04 Å². The van der Waals surface area contributed by atoms with Gasteiger partial charge in [0.05, 0.1) is 16.7 Å². The second-order valence-corrected chi connectivity index (χ2v) is 4.36. The van der Waals surface area contributed by atoms with Crippen LogP contribution in [0.5, 0.6) is 0 Å². The van der Waals surface area contributed by atoms with E-state index in [1.807, 2.05) is 42.6 Å². The van der Waals surface area contributed by atoms with E-state index in [1.54, 1.807) is 11.3 Å². The van der Waals surface area contributed by atoms with Gasteiger partial charge in [0.15, 0.2) is 0 Å². The maximum absolute atomic E-state index is 5.56. The molecule has 0 amide bonds. The van der Waals surface area contributed by atoms with E-state index in [0.717, 1.165) is 16.3 Å². The normalized spacial score (nSPS) is 12.7. The van der Waals surface area contributed by atoms with E-state index >= 15 is 0 Å². The molecule has 0 saturated carbocycles. The Morgan fingerprint density at radius 2 is 2.07 bits per heavy atom. The largest absolute Gasteiger partial charge is 0.271 e. The Balaban J connectivity index is 2.33. The molecule has 78 valence electrons. The van der Waals surface area contributed by atoms with Gasteiger partial charge in [-0.2, -0.15) is 0 Å². The third kappa shape index (κ3) is 2.23. The lowest BCUT2D eigenvalue weighted by Crippen LogP contribution is -2.29.